The Bertz CT molecular complexity index is 1690. The number of fused-ring (bicyclic) bond motifs is 2. The molecule has 1 saturated heterocycles. The summed E-state index contributed by atoms with van der Waals surface area (Å²) in [6, 6.07) is 6.42. The first-order valence-electron chi connectivity index (χ1n) is 15.2. The van der Waals surface area contributed by atoms with Crippen LogP contribution < -0.4 is 19.7 Å². The molecule has 2 aliphatic carbocycles. The van der Waals surface area contributed by atoms with Gasteiger partial charge in [-0.25, -0.2) is 18.3 Å². The molecule has 6 rings (SSSR count). The molecule has 3 fully saturated rings. The molecule has 1 amide bonds. The second-order valence-electron chi connectivity index (χ2n) is 11.8. The number of alkyl halides is 2. The number of ether oxygens (including phenoxy) is 3. The van der Waals surface area contributed by atoms with E-state index in [1.54, 1.807) is 25.1 Å². The zero-order chi connectivity index (χ0) is 33.6. The number of para-hydroxylation sites is 1. The molecular formula is C29H35F2N6O9P. The molecule has 2 aromatic heterocycles. The number of benzene rings is 1. The van der Waals surface area contributed by atoms with Gasteiger partial charge in [-0.2, -0.15) is 15.1 Å². The summed E-state index contributed by atoms with van der Waals surface area (Å²) >= 11 is 0. The smallest absolute Gasteiger partial charge is 0.460 e. The lowest BCUT2D eigenvalue weighted by atomic mass is 9.96. The highest BCUT2D eigenvalue weighted by atomic mass is 31.2. The van der Waals surface area contributed by atoms with E-state index in [-0.39, 0.29) is 41.5 Å². The van der Waals surface area contributed by atoms with Crippen molar-refractivity contribution in [2.24, 2.45) is 0 Å². The monoisotopic (exact) mass is 680 g/mol. The predicted octanol–water partition coefficient (Wildman–Crippen LogP) is 3.89. The molecule has 3 heterocycles. The van der Waals surface area contributed by atoms with Crippen molar-refractivity contribution in [3.63, 3.8) is 0 Å². The van der Waals surface area contributed by atoms with Crippen LogP contribution in [0.3, 0.4) is 0 Å². The van der Waals surface area contributed by atoms with Gasteiger partial charge in [0.2, 0.25) is 23.9 Å². The Kier molecular flexibility index (Phi) is 8.72. The zero-order valence-electron chi connectivity index (χ0n) is 25.8. The quantitative estimate of drug-likeness (QED) is 0.134. The number of rotatable bonds is 13. The van der Waals surface area contributed by atoms with E-state index in [4.69, 9.17) is 23.3 Å². The van der Waals surface area contributed by atoms with Crippen molar-refractivity contribution in [2.75, 3.05) is 11.9 Å². The van der Waals surface area contributed by atoms with E-state index in [1.807, 2.05) is 0 Å². The van der Waals surface area contributed by atoms with Crippen molar-refractivity contribution >= 4 is 37.2 Å². The maximum atomic E-state index is 16.7. The molecule has 0 spiro atoms. The van der Waals surface area contributed by atoms with Crippen molar-refractivity contribution in [2.45, 2.75) is 94.5 Å². The second kappa shape index (κ2) is 12.4. The standard InChI is InChI=1S/C29H35F2N6O9P/c1-4-42-22-20-21(34-26(35-22)33-16-38)37(15-32-20)25-27(3,40)28(30)24(29(28,31)44-25)46-47(41,45-19-13-9-6-10-14-19)36-17(2)23(39)43-18-11-7-5-8-12-18/h6,9-10,13-18,24-25,40H,4-5,7-8,11-12H2,1-3H3,(H,36,41)(H,33,34,35,38)/t17-,24?,25+,27-,28-,29+,47?/m0/s1. The van der Waals surface area contributed by atoms with E-state index >= 15 is 8.78 Å². The first kappa shape index (κ1) is 33.2. The minimum Gasteiger partial charge on any atom is -0.476 e. The second-order valence-corrected chi connectivity index (χ2v) is 13.4. The van der Waals surface area contributed by atoms with Gasteiger partial charge in [0.25, 0.3) is 5.85 Å². The van der Waals surface area contributed by atoms with Crippen molar-refractivity contribution < 1.29 is 51.3 Å². The average Bonchev–Trinajstić information content (AvgIpc) is 3.27. The highest BCUT2D eigenvalue weighted by Crippen LogP contribution is 2.74. The molecule has 1 aliphatic heterocycles. The summed E-state index contributed by atoms with van der Waals surface area (Å²) in [7, 11) is -4.76. The molecule has 3 aliphatic rings. The van der Waals surface area contributed by atoms with Gasteiger partial charge >= 0.3 is 13.7 Å². The average molecular weight is 681 g/mol. The molecule has 2 unspecified atom stereocenters. The van der Waals surface area contributed by atoms with Gasteiger partial charge in [0, 0.05) is 0 Å². The zero-order valence-corrected chi connectivity index (χ0v) is 26.7. The van der Waals surface area contributed by atoms with Gasteiger partial charge in [-0.1, -0.05) is 24.6 Å². The van der Waals surface area contributed by atoms with Crippen LogP contribution in [0.1, 0.15) is 59.1 Å². The Morgan fingerprint density at radius 2 is 1.96 bits per heavy atom. The van der Waals surface area contributed by atoms with E-state index in [0.717, 1.165) is 37.1 Å². The number of amides is 1. The largest absolute Gasteiger partial charge is 0.476 e. The number of aliphatic hydroxyl groups is 1. The van der Waals surface area contributed by atoms with Crippen molar-refractivity contribution in [3.05, 3.63) is 36.7 Å². The van der Waals surface area contributed by atoms with E-state index in [2.05, 4.69) is 25.4 Å². The number of nitrogens with zero attached hydrogens (tertiary/aromatic N) is 4. The first-order valence-corrected chi connectivity index (χ1v) is 16.8. The Morgan fingerprint density at radius 3 is 2.60 bits per heavy atom. The number of hydrogen-bond donors (Lipinski definition) is 3. The molecular weight excluding hydrogens is 645 g/mol. The number of nitrogens with one attached hydrogen (secondary N) is 2. The third-order valence-electron chi connectivity index (χ3n) is 8.48. The Balaban J connectivity index is 1.26. The molecule has 2 saturated carbocycles. The van der Waals surface area contributed by atoms with Gasteiger partial charge in [0.15, 0.2) is 23.5 Å². The summed E-state index contributed by atoms with van der Waals surface area (Å²) in [6.07, 6.45) is 1.33. The SMILES string of the molecule is CCOc1nc(NC=O)nc2c1ncn2[C@@H]1O[C@]2(F)C(OP(=O)(N[C@@H](C)C(=O)OC3CCCCC3)Oc3ccccc3)[C@]2(F)[C@@]1(C)O. The topological polar surface area (TPSA) is 185 Å². The van der Waals surface area contributed by atoms with Crippen LogP contribution in [0.15, 0.2) is 36.7 Å². The number of anilines is 1. The van der Waals surface area contributed by atoms with Crippen LogP contribution in [0.4, 0.5) is 14.7 Å². The van der Waals surface area contributed by atoms with Crippen LogP contribution in [-0.2, 0) is 28.2 Å². The van der Waals surface area contributed by atoms with Crippen molar-refractivity contribution in [1.29, 1.82) is 0 Å². The summed E-state index contributed by atoms with van der Waals surface area (Å²) in [5.41, 5.74) is -5.98. The first-order chi connectivity index (χ1) is 22.4. The van der Waals surface area contributed by atoms with Crippen LogP contribution in [-0.4, -0.2) is 79.0 Å². The molecule has 1 aromatic carbocycles. The molecule has 3 N–H and O–H groups in total. The molecule has 0 radical (unpaired) electrons. The lowest BCUT2D eigenvalue weighted by Crippen LogP contribution is -2.46. The summed E-state index contributed by atoms with van der Waals surface area (Å²) < 4.78 is 75.9. The van der Waals surface area contributed by atoms with Crippen LogP contribution >= 0.6 is 7.75 Å². The highest BCUT2D eigenvalue weighted by Gasteiger charge is 2.97. The molecule has 3 aromatic rings. The highest BCUT2D eigenvalue weighted by molar-refractivity contribution is 7.52. The van der Waals surface area contributed by atoms with E-state index in [0.29, 0.717) is 19.3 Å². The normalized spacial score (nSPS) is 30.6. The van der Waals surface area contributed by atoms with E-state index in [1.165, 1.54) is 19.1 Å². The Labute approximate surface area is 267 Å². The Morgan fingerprint density at radius 1 is 1.23 bits per heavy atom. The van der Waals surface area contributed by atoms with Gasteiger partial charge < -0.3 is 23.8 Å². The molecule has 0 bridgehead atoms. The summed E-state index contributed by atoms with van der Waals surface area (Å²) in [5, 5.41) is 16.3. The number of aromatic nitrogens is 4. The number of hydrogen-bond acceptors (Lipinski definition) is 12. The number of halogens is 2. The molecule has 15 nitrogen and oxygen atoms in total. The van der Waals surface area contributed by atoms with Gasteiger partial charge in [0.05, 0.1) is 12.9 Å². The molecule has 254 valence electrons. The molecule has 47 heavy (non-hydrogen) atoms. The van der Waals surface area contributed by atoms with Crippen LogP contribution in [0.25, 0.3) is 11.2 Å². The lowest BCUT2D eigenvalue weighted by molar-refractivity contribution is -0.174. The number of esters is 1. The predicted molar refractivity (Wildman–Crippen MR) is 160 cm³/mol. The Hall–Kier alpha value is -3.76. The van der Waals surface area contributed by atoms with E-state index in [9.17, 15) is 19.3 Å². The third kappa shape index (κ3) is 5.73. The third-order valence-corrected chi connectivity index (χ3v) is 10.1. The molecule has 18 heteroatoms. The van der Waals surface area contributed by atoms with Gasteiger partial charge in [0.1, 0.15) is 23.5 Å². The van der Waals surface area contributed by atoms with Crippen LogP contribution in [0, 0.1) is 0 Å². The fraction of sp³-hybridized carbons (Fsp3) is 0.552. The van der Waals surface area contributed by atoms with Gasteiger partial charge in [-0.05, 0) is 58.6 Å². The van der Waals surface area contributed by atoms with Crippen LogP contribution in [0.2, 0.25) is 0 Å². The molecule has 7 atom stereocenters. The van der Waals surface area contributed by atoms with E-state index < -0.39 is 49.2 Å². The van der Waals surface area contributed by atoms with Crippen molar-refractivity contribution in [1.82, 2.24) is 24.6 Å². The summed E-state index contributed by atoms with van der Waals surface area (Å²) in [4.78, 5) is 36.3. The lowest BCUT2D eigenvalue weighted by Gasteiger charge is -2.32. The fourth-order valence-corrected chi connectivity index (χ4v) is 7.72. The minimum atomic E-state index is -4.76. The number of imidazole rings is 1. The van der Waals surface area contributed by atoms with Crippen molar-refractivity contribution in [3.8, 4) is 11.6 Å². The van der Waals surface area contributed by atoms with Gasteiger partial charge in [-0.15, -0.1) is 0 Å². The van der Waals surface area contributed by atoms with Crippen LogP contribution in [0.5, 0.6) is 11.6 Å². The summed E-state index contributed by atoms with van der Waals surface area (Å²) in [5.74, 6) is -4.29. The van der Waals surface area contributed by atoms with Gasteiger partial charge in [-0.3, -0.25) is 24.0 Å². The maximum Gasteiger partial charge on any atom is 0.460 e. The number of carbonyl (C=O) groups is 2. The fourth-order valence-electron chi connectivity index (χ4n) is 6.03. The summed E-state index contributed by atoms with van der Waals surface area (Å²) in [6.45, 7) is 4.20. The maximum absolute atomic E-state index is 16.7. The number of carbonyl (C=O) groups excluding carboxylic acids is 2. The minimum absolute atomic E-state index is 0.0165.